The van der Waals surface area contributed by atoms with Gasteiger partial charge in [-0.1, -0.05) is 110 Å². The van der Waals surface area contributed by atoms with E-state index in [-0.39, 0.29) is 134 Å². The van der Waals surface area contributed by atoms with Crippen molar-refractivity contribution in [3.8, 4) is 0 Å². The monoisotopic (exact) mass is 1170 g/mol. The fraction of sp³-hybridized carbons (Fsp3) is 0.783. The summed E-state index contributed by atoms with van der Waals surface area (Å²) in [4.78, 5) is 122. The maximum atomic E-state index is 13.3. The number of Topliss-reactive ketones (excluding diaryl/α,β-unsaturated/α-hetero) is 4. The molecule has 3 amide bonds. The van der Waals surface area contributed by atoms with Crippen LogP contribution in [0.4, 0.5) is 0 Å². The minimum Gasteiger partial charge on any atom is -0.481 e. The van der Waals surface area contributed by atoms with Crippen LogP contribution >= 0.6 is 0 Å². The summed E-state index contributed by atoms with van der Waals surface area (Å²) < 4.78 is 21.4. The first-order valence-electron chi connectivity index (χ1n) is 30.0. The summed E-state index contributed by atoms with van der Waals surface area (Å²) >= 11 is 0. The van der Waals surface area contributed by atoms with Gasteiger partial charge >= 0.3 is 17.9 Å². The third-order valence-corrected chi connectivity index (χ3v) is 13.8. The van der Waals surface area contributed by atoms with Crippen LogP contribution in [0, 0.1) is 17.3 Å². The van der Waals surface area contributed by atoms with E-state index in [1.54, 1.807) is 34.0 Å². The number of carbonyl (C=O) groups excluding carboxylic acids is 7. The zero-order valence-corrected chi connectivity index (χ0v) is 50.0. The third-order valence-electron chi connectivity index (χ3n) is 13.8. The highest BCUT2D eigenvalue weighted by atomic mass is 16.5. The van der Waals surface area contributed by atoms with E-state index in [0.717, 1.165) is 25.0 Å². The summed E-state index contributed by atoms with van der Waals surface area (Å²) in [7, 11) is 1.70. The number of hydrogen-bond acceptors (Lipinski definition) is 16. The van der Waals surface area contributed by atoms with Crippen LogP contribution in [0.1, 0.15) is 208 Å². The van der Waals surface area contributed by atoms with Crippen molar-refractivity contribution in [3.05, 3.63) is 11.8 Å². The molecular weight excluding hydrogens is 1060 g/mol. The molecule has 0 saturated carbocycles. The summed E-state index contributed by atoms with van der Waals surface area (Å²) in [5.41, 5.74) is 5.75. The van der Waals surface area contributed by atoms with Gasteiger partial charge in [-0.2, -0.15) is 0 Å². The first kappa shape index (κ1) is 76.7. The molecule has 1 aliphatic rings. The Morgan fingerprint density at radius 3 is 1.63 bits per heavy atom. The van der Waals surface area contributed by atoms with Gasteiger partial charge in [-0.25, -0.2) is 0 Å². The first-order valence-corrected chi connectivity index (χ1v) is 30.0. The van der Waals surface area contributed by atoms with Crippen LogP contribution in [0.15, 0.2) is 16.8 Å². The van der Waals surface area contributed by atoms with Crippen molar-refractivity contribution >= 4 is 65.0 Å². The topological polar surface area (TPSA) is 343 Å². The largest absolute Gasteiger partial charge is 0.481 e. The van der Waals surface area contributed by atoms with E-state index < -0.39 is 41.2 Å². The molecule has 0 aliphatic carbocycles. The number of ketones is 4. The number of nitrogens with two attached hydrogens (primary N) is 1. The number of allylic oxidation sites excluding steroid dienone is 1. The van der Waals surface area contributed by atoms with E-state index in [9.17, 15) is 47.9 Å². The molecule has 1 rings (SSSR count). The van der Waals surface area contributed by atoms with Crippen molar-refractivity contribution in [2.45, 2.75) is 213 Å². The Hall–Kier alpha value is -5.29. The van der Waals surface area contributed by atoms with E-state index in [4.69, 9.17) is 40.0 Å². The van der Waals surface area contributed by atoms with Gasteiger partial charge in [0.25, 0.3) is 0 Å². The highest BCUT2D eigenvalue weighted by molar-refractivity contribution is 5.95. The number of nitrogens with one attached hydrogen (secondary N) is 3. The van der Waals surface area contributed by atoms with E-state index >= 15 is 0 Å². The average Bonchev–Trinajstić information content (AvgIpc) is 4.03. The Balaban J connectivity index is 0. The maximum absolute atomic E-state index is 13.3. The molecule has 8 N–H and O–H groups in total. The highest BCUT2D eigenvalue weighted by Crippen LogP contribution is 2.29. The van der Waals surface area contributed by atoms with Crippen LogP contribution in [0.2, 0.25) is 0 Å². The number of carbonyl (C=O) groups is 10. The molecule has 1 heterocycles. The smallest absolute Gasteiger partial charge is 0.306 e. The highest BCUT2D eigenvalue weighted by Gasteiger charge is 2.35. The van der Waals surface area contributed by atoms with Crippen LogP contribution in [0.25, 0.3) is 0 Å². The molecular formula is C60H105N5O17. The molecule has 0 saturated heterocycles. The van der Waals surface area contributed by atoms with Gasteiger partial charge < -0.3 is 56.0 Å². The minimum absolute atomic E-state index is 0. The number of carboxylic acid groups (broad SMARTS) is 3. The number of amides is 3. The second-order valence-corrected chi connectivity index (χ2v) is 21.7. The van der Waals surface area contributed by atoms with Crippen molar-refractivity contribution in [2.24, 2.45) is 28.0 Å². The molecule has 3 atom stereocenters. The number of nitrogens with zero attached hydrogens (tertiary/aromatic N) is 1. The summed E-state index contributed by atoms with van der Waals surface area (Å²) in [5.74, 6) is -5.36. The first-order chi connectivity index (χ1) is 39.2. The van der Waals surface area contributed by atoms with Crippen LogP contribution < -0.4 is 21.7 Å². The van der Waals surface area contributed by atoms with Crippen molar-refractivity contribution in [3.63, 3.8) is 0 Å². The normalized spacial score (nSPS) is 13.0. The number of rotatable bonds is 55. The van der Waals surface area contributed by atoms with Gasteiger partial charge in [-0.3, -0.25) is 52.9 Å². The number of aliphatic imine (C=N–C) groups is 1. The molecule has 0 spiro atoms. The van der Waals surface area contributed by atoms with Gasteiger partial charge in [-0.15, -0.1) is 0 Å². The maximum Gasteiger partial charge on any atom is 0.306 e. The van der Waals surface area contributed by atoms with Crippen LogP contribution in [-0.2, 0) is 66.9 Å². The molecule has 22 nitrogen and oxygen atoms in total. The van der Waals surface area contributed by atoms with E-state index in [2.05, 4.69) is 20.9 Å². The molecule has 0 fully saturated rings. The number of hydrogen-bond donors (Lipinski definition) is 7. The lowest BCUT2D eigenvalue weighted by molar-refractivity contribution is -0.141. The van der Waals surface area contributed by atoms with E-state index in [0.29, 0.717) is 70.9 Å². The molecule has 0 bridgehead atoms. The van der Waals surface area contributed by atoms with Gasteiger partial charge in [0.1, 0.15) is 30.6 Å². The number of aliphatic carboxylic acids is 3. The lowest BCUT2D eigenvalue weighted by Crippen LogP contribution is -2.37. The van der Waals surface area contributed by atoms with Crippen molar-refractivity contribution < 1.29 is 83.6 Å². The van der Waals surface area contributed by atoms with Crippen LogP contribution in [0.3, 0.4) is 0 Å². The van der Waals surface area contributed by atoms with Gasteiger partial charge in [-0.05, 0) is 38.5 Å². The summed E-state index contributed by atoms with van der Waals surface area (Å²) in [6.07, 6.45) is 24.6. The van der Waals surface area contributed by atoms with Crippen LogP contribution in [0.5, 0.6) is 0 Å². The Labute approximate surface area is 488 Å². The molecule has 472 valence electrons. The molecule has 0 aromatic rings. The minimum atomic E-state index is -1.11. The Morgan fingerprint density at radius 2 is 1.11 bits per heavy atom. The Bertz CT molecular complexity index is 1930. The fourth-order valence-electron chi connectivity index (χ4n) is 8.55. The molecule has 0 aromatic carbocycles. The summed E-state index contributed by atoms with van der Waals surface area (Å²) in [6, 6.07) is -0.803. The zero-order chi connectivity index (χ0) is 61.2. The van der Waals surface area contributed by atoms with Crippen molar-refractivity contribution in [1.82, 2.24) is 16.0 Å². The van der Waals surface area contributed by atoms with Gasteiger partial charge in [0.2, 0.25) is 17.7 Å². The fourth-order valence-corrected chi connectivity index (χ4v) is 8.55. The third kappa shape index (κ3) is 46.2. The summed E-state index contributed by atoms with van der Waals surface area (Å²) in [5, 5.41) is 34.5. The van der Waals surface area contributed by atoms with E-state index in [1.807, 2.05) is 6.08 Å². The van der Waals surface area contributed by atoms with Crippen molar-refractivity contribution in [2.75, 3.05) is 73.0 Å². The number of unbranched alkanes of at least 4 members (excludes halogenated alkanes) is 14. The number of ether oxygens (including phenoxy) is 4. The molecule has 1 aliphatic heterocycles. The average molecular weight is 1170 g/mol. The second kappa shape index (κ2) is 50.2. The van der Waals surface area contributed by atoms with Crippen LogP contribution in [-0.4, -0.2) is 159 Å². The predicted molar refractivity (Wildman–Crippen MR) is 313 cm³/mol. The Morgan fingerprint density at radius 1 is 0.585 bits per heavy atom. The molecule has 0 aromatic heterocycles. The molecule has 0 radical (unpaired) electrons. The standard InChI is InChI=1S/C41H66N4O14.C19H37NO3.H2/c1-29(40(54)55)11-12-32(46)10-7-18-56-20-22-58-28-38(51)45-17-19-57-21-23-59-27-37(50)44-15-5-4-8-30(34(47)13-14-39(52)53)24-36(49)41(2,3)26-35(48)33(42)25-31-9-6-16-43-31;1-20-18(21)16-14-12-10-8-6-4-2-3-5-7-9-11-13-15-17-19(22)23;/h9,16,29-30,33H,4-8,10-15,17-28,42H2,1-3H3,(H,44,50)(H,45,51)(H,52,53)(H,54,55);2-17H2,1H3,(H,20,21)(H,22,23);1H/t29-,30+,33-;;/m0../s1. The SMILES string of the molecule is CNC(=O)CCCCCCCCCCCCCCCCC(=O)O.C[C@@H](CCC(=O)CCCOCCOCC(=O)NCCOCCOCC(=O)NCCCC[C@H](CC(=O)C(C)(C)CC(=O)[C@@H](N)CC1=CCC=N1)C(=O)CCC(=O)O)C(=O)O.[HH]. The lowest BCUT2D eigenvalue weighted by atomic mass is 9.76. The van der Waals surface area contributed by atoms with Crippen molar-refractivity contribution in [1.29, 1.82) is 0 Å². The molecule has 0 unspecified atom stereocenters. The lowest BCUT2D eigenvalue weighted by Gasteiger charge is -2.26. The molecule has 22 heteroatoms. The van der Waals surface area contributed by atoms with Gasteiger partial charge in [0.15, 0.2) is 5.78 Å². The number of carboxylic acids is 3. The Kier molecular flexibility index (Phi) is 47.0. The molecule has 82 heavy (non-hydrogen) atoms. The zero-order valence-electron chi connectivity index (χ0n) is 50.0. The summed E-state index contributed by atoms with van der Waals surface area (Å²) in [6.45, 7) is 6.46. The second-order valence-electron chi connectivity index (χ2n) is 21.7. The van der Waals surface area contributed by atoms with E-state index in [1.165, 1.54) is 70.6 Å². The predicted octanol–water partition coefficient (Wildman–Crippen LogP) is 7.68. The van der Waals surface area contributed by atoms with Gasteiger partial charge in [0.05, 0.1) is 51.4 Å². The quantitative estimate of drug-likeness (QED) is 0.0287. The van der Waals surface area contributed by atoms with Gasteiger partial charge in [0, 0.05) is 109 Å².